The van der Waals surface area contributed by atoms with Gasteiger partial charge in [-0.25, -0.2) is 13.1 Å². The van der Waals surface area contributed by atoms with Gasteiger partial charge in [-0.3, -0.25) is 24.7 Å². The average Bonchev–Trinajstić information content (AvgIpc) is 4.13. The highest BCUT2D eigenvalue weighted by atomic mass is 32.2. The largest absolute Gasteiger partial charge is 0.489 e. The fourth-order valence-electron chi connectivity index (χ4n) is 13.3. The van der Waals surface area contributed by atoms with Gasteiger partial charge in [0, 0.05) is 86.2 Å². The maximum Gasteiger partial charge on any atom is 0.297 e. The first-order valence-electron chi connectivity index (χ1n) is 27.2. The Morgan fingerprint density at radius 1 is 1.01 bits per heavy atom. The lowest BCUT2D eigenvalue weighted by molar-refractivity contribution is -0.384. The Morgan fingerprint density at radius 3 is 2.50 bits per heavy atom. The lowest BCUT2D eigenvalue weighted by Crippen LogP contribution is -2.63. The predicted molar refractivity (Wildman–Crippen MR) is 289 cm³/mol. The lowest BCUT2D eigenvalue weighted by Gasteiger charge is -2.57. The van der Waals surface area contributed by atoms with Crippen LogP contribution in [-0.4, -0.2) is 132 Å². The number of hydrogen-bond donors (Lipinski definition) is 5. The van der Waals surface area contributed by atoms with E-state index in [2.05, 4.69) is 62.9 Å². The van der Waals surface area contributed by atoms with Crippen LogP contribution < -0.4 is 29.1 Å². The third-order valence-corrected chi connectivity index (χ3v) is 19.0. The van der Waals surface area contributed by atoms with Crippen LogP contribution in [0.2, 0.25) is 0 Å². The van der Waals surface area contributed by atoms with Crippen LogP contribution >= 0.6 is 0 Å². The molecule has 1 unspecified atom stereocenters. The van der Waals surface area contributed by atoms with Crippen LogP contribution in [0.3, 0.4) is 0 Å². The number of likely N-dealkylation sites (N-methyl/N-ethyl adjacent to an activating group) is 1. The number of nitro benzene ring substituents is 1. The molecule has 11 rings (SSSR count). The first-order chi connectivity index (χ1) is 36.3. The normalized spacial score (nSPS) is 26.7. The average molecular weight is 1060 g/mol. The number of pyridine rings is 1. The molecule has 6 heterocycles. The summed E-state index contributed by atoms with van der Waals surface area (Å²) in [6, 6.07) is 20.1. The number of piperidine rings is 1. The molecule has 5 atom stereocenters. The van der Waals surface area contributed by atoms with Crippen molar-refractivity contribution in [3.05, 3.63) is 99.2 Å². The minimum atomic E-state index is -4.75. The van der Waals surface area contributed by atoms with E-state index in [1.807, 2.05) is 24.9 Å². The number of carbonyl (C=O) groups is 1. The van der Waals surface area contributed by atoms with Crippen molar-refractivity contribution in [1.82, 2.24) is 24.5 Å². The first-order valence-corrected chi connectivity index (χ1v) is 28.7. The number of aliphatic hydroxyl groups is 2. The third-order valence-electron chi connectivity index (χ3n) is 17.7. The summed E-state index contributed by atoms with van der Waals surface area (Å²) in [6.45, 7) is 12.6. The summed E-state index contributed by atoms with van der Waals surface area (Å²) >= 11 is 0. The molecule has 4 aliphatic heterocycles. The van der Waals surface area contributed by atoms with Crippen LogP contribution in [-0.2, 0) is 10.0 Å². The van der Waals surface area contributed by atoms with Gasteiger partial charge in [-0.05, 0) is 131 Å². The molecule has 6 aliphatic rings. The highest BCUT2D eigenvalue weighted by molar-refractivity contribution is 7.90. The number of hydrogen-bond acceptors (Lipinski definition) is 15. The number of rotatable bonds is 14. The van der Waals surface area contributed by atoms with Crippen molar-refractivity contribution >= 4 is 44.0 Å². The SMILES string of the molecule is Cc1cc2cc(Oc3cc(N4CCC5(CC4)CN(C4CCC[C@@H]4c4ccccc4C(C)C)C5)ccc3C(=O)NS(=O)(=O)c3cc4c(c([N+](=O)[O-])c3)N[C@@H]([C@H]3CC[C@](C)(O)CC3)CO4)c(O[C@@H]3C[C@@H](CO)N(C)C3)nc2[nH]1. The van der Waals surface area contributed by atoms with Gasteiger partial charge in [-0.2, -0.15) is 4.98 Å². The maximum atomic E-state index is 14.6. The molecule has 5 N–H and O–H groups in total. The molecular formula is C57H72N8O10S. The number of nitrogens with zero attached hydrogens (tertiary/aromatic N) is 5. The van der Waals surface area contributed by atoms with Crippen LogP contribution in [0.4, 0.5) is 17.1 Å². The third kappa shape index (κ3) is 10.3. The van der Waals surface area contributed by atoms with Crippen LogP contribution in [0.5, 0.6) is 23.1 Å². The van der Waals surface area contributed by atoms with E-state index in [1.165, 1.54) is 36.5 Å². The van der Waals surface area contributed by atoms with E-state index in [-0.39, 0.29) is 77.1 Å². The molecular weight excluding hydrogens is 989 g/mol. The Balaban J connectivity index is 0.859. The molecule has 18 nitrogen and oxygen atoms in total. The number of benzene rings is 3. The molecule has 1 amide bonds. The number of likely N-dealkylation sites (tertiary alicyclic amines) is 2. The molecule has 19 heteroatoms. The predicted octanol–water partition coefficient (Wildman–Crippen LogP) is 8.61. The summed E-state index contributed by atoms with van der Waals surface area (Å²) in [5, 5.41) is 37.1. The molecule has 3 aromatic carbocycles. The fourth-order valence-corrected chi connectivity index (χ4v) is 14.3. The molecule has 5 fully saturated rings. The number of anilines is 2. The lowest BCUT2D eigenvalue weighted by atomic mass is 9.70. The molecule has 1 spiro atoms. The smallest absolute Gasteiger partial charge is 0.297 e. The summed E-state index contributed by atoms with van der Waals surface area (Å²) in [5.74, 6) is 0.505. The summed E-state index contributed by atoms with van der Waals surface area (Å²) in [6.07, 6.45) is 8.45. The molecule has 0 radical (unpaired) electrons. The number of sulfonamides is 1. The van der Waals surface area contributed by atoms with Gasteiger partial charge in [0.2, 0.25) is 0 Å². The number of aromatic nitrogens is 2. The number of aliphatic hydroxyl groups excluding tert-OH is 1. The van der Waals surface area contributed by atoms with Gasteiger partial charge in [-0.1, -0.05) is 44.5 Å². The Hall–Kier alpha value is -5.99. The van der Waals surface area contributed by atoms with Gasteiger partial charge in [0.15, 0.2) is 17.2 Å². The molecule has 2 aliphatic carbocycles. The van der Waals surface area contributed by atoms with Gasteiger partial charge in [0.05, 0.1) is 33.6 Å². The quantitative estimate of drug-likeness (QED) is 0.0519. The maximum absolute atomic E-state index is 14.6. The van der Waals surface area contributed by atoms with Crippen molar-refractivity contribution in [2.75, 3.05) is 63.2 Å². The Morgan fingerprint density at radius 2 is 1.78 bits per heavy atom. The van der Waals surface area contributed by atoms with Gasteiger partial charge in [0.1, 0.15) is 24.1 Å². The van der Waals surface area contributed by atoms with Crippen LogP contribution in [0.15, 0.2) is 71.6 Å². The summed E-state index contributed by atoms with van der Waals surface area (Å²) in [4.78, 5) is 41.1. The summed E-state index contributed by atoms with van der Waals surface area (Å²) < 4.78 is 50.1. The van der Waals surface area contributed by atoms with Crippen molar-refractivity contribution < 1.29 is 42.6 Å². The van der Waals surface area contributed by atoms with Crippen LogP contribution in [0, 0.1) is 28.4 Å². The van der Waals surface area contributed by atoms with Crippen molar-refractivity contribution in [3.63, 3.8) is 0 Å². The summed E-state index contributed by atoms with van der Waals surface area (Å²) in [5.41, 5.74) is 4.11. The standard InChI is InChI=1S/C57H72N8O10S/c1-34(2)42-9-6-7-10-43(42)44-11-8-12-47(44)64-32-57(33-64)19-21-63(22-20-57)38-13-14-45(49(26-38)75-51-24-37-23-35(3)58-53(37)60-55(51)74-40-25-39(30-66)62(5)29-40)54(67)61-76(71,72)41-27-48(65(69)70)52-50(28-41)73-31-46(59-52)36-15-17-56(4,68)18-16-36/h6-7,9-10,13-14,23-24,26-28,34,36,39-40,44,46-47,59,66,68H,8,11-12,15-22,25,29-33H2,1-5H3,(H,58,60)(H,61,67)/t36-,39-,40+,44+,46+,47?,56-/m0/s1. The number of nitrogens with one attached hydrogen (secondary N) is 3. The highest BCUT2D eigenvalue weighted by Crippen LogP contribution is 2.50. The molecule has 406 valence electrons. The van der Waals surface area contributed by atoms with E-state index >= 15 is 0 Å². The number of H-pyrrole nitrogens is 1. The second kappa shape index (κ2) is 20.4. The number of aromatic amines is 1. The molecule has 2 aromatic heterocycles. The van der Waals surface area contributed by atoms with E-state index in [9.17, 15) is 33.5 Å². The van der Waals surface area contributed by atoms with Gasteiger partial charge in [0.25, 0.3) is 27.5 Å². The van der Waals surface area contributed by atoms with Gasteiger partial charge < -0.3 is 39.6 Å². The Kier molecular flexibility index (Phi) is 14.0. The molecule has 0 bridgehead atoms. The number of carbonyl (C=O) groups excluding carboxylic acids is 1. The van der Waals surface area contributed by atoms with E-state index in [0.29, 0.717) is 62.2 Å². The van der Waals surface area contributed by atoms with Gasteiger partial charge >= 0.3 is 0 Å². The van der Waals surface area contributed by atoms with E-state index in [0.717, 1.165) is 61.9 Å². The van der Waals surface area contributed by atoms with Crippen molar-refractivity contribution in [2.24, 2.45) is 11.3 Å². The van der Waals surface area contributed by atoms with E-state index in [4.69, 9.17) is 19.2 Å². The van der Waals surface area contributed by atoms with Crippen molar-refractivity contribution in [2.45, 2.75) is 138 Å². The molecule has 3 saturated heterocycles. The van der Waals surface area contributed by atoms with Gasteiger partial charge in [-0.15, -0.1) is 0 Å². The number of nitro groups is 1. The summed E-state index contributed by atoms with van der Waals surface area (Å²) in [7, 11) is -2.83. The second-order valence-electron chi connectivity index (χ2n) is 23.4. The Bertz CT molecular complexity index is 3120. The number of amides is 1. The molecule has 2 saturated carbocycles. The molecule has 76 heavy (non-hydrogen) atoms. The number of aryl methyl sites for hydroxylation is 1. The molecule has 5 aromatic rings. The minimum absolute atomic E-state index is 0.0169. The van der Waals surface area contributed by atoms with E-state index in [1.54, 1.807) is 31.2 Å². The van der Waals surface area contributed by atoms with Crippen molar-refractivity contribution in [1.29, 1.82) is 0 Å². The topological polar surface area (TPSA) is 225 Å². The second-order valence-corrected chi connectivity index (χ2v) is 25.1. The zero-order chi connectivity index (χ0) is 53.3. The Labute approximate surface area is 444 Å². The van der Waals surface area contributed by atoms with E-state index < -0.39 is 37.0 Å². The zero-order valence-electron chi connectivity index (χ0n) is 44.2. The highest BCUT2D eigenvalue weighted by Gasteiger charge is 2.50. The monoisotopic (exact) mass is 1060 g/mol. The minimum Gasteiger partial charge on any atom is -0.489 e. The number of fused-ring (bicyclic) bond motifs is 2. The van der Waals surface area contributed by atoms with Crippen LogP contribution in [0.1, 0.15) is 124 Å². The first kappa shape index (κ1) is 52.1. The fraction of sp³-hybridized carbons (Fsp3) is 0.544. The van der Waals surface area contributed by atoms with Crippen LogP contribution in [0.25, 0.3) is 11.0 Å². The van der Waals surface area contributed by atoms with Crippen molar-refractivity contribution in [3.8, 4) is 23.1 Å². The number of ether oxygens (including phenoxy) is 3. The zero-order valence-corrected chi connectivity index (χ0v) is 45.0.